The lowest BCUT2D eigenvalue weighted by atomic mass is 9.78. The monoisotopic (exact) mass is 790 g/mol. The molecule has 0 amide bonds. The Morgan fingerprint density at radius 2 is 0.667 bits per heavy atom. The first-order valence-electron chi connectivity index (χ1n) is 23.6. The summed E-state index contributed by atoms with van der Waals surface area (Å²) >= 11 is 0. The largest absolute Gasteiger partial charge is 0.228 e. The van der Waals surface area contributed by atoms with Crippen LogP contribution in [0.4, 0.5) is 13.2 Å². The molecule has 0 saturated heterocycles. The first-order valence-corrected chi connectivity index (χ1v) is 23.6. The van der Waals surface area contributed by atoms with Crippen molar-refractivity contribution in [2.75, 3.05) is 0 Å². The molecule has 3 heterocycles. The van der Waals surface area contributed by atoms with Crippen molar-refractivity contribution in [2.24, 2.45) is 35.5 Å². The summed E-state index contributed by atoms with van der Waals surface area (Å²) in [5, 5.41) is 0. The summed E-state index contributed by atoms with van der Waals surface area (Å²) in [6, 6.07) is 10.0. The Labute approximate surface area is 346 Å². The molecule has 3 nitrogen and oxygen atoms in total. The van der Waals surface area contributed by atoms with Gasteiger partial charge in [0.25, 0.3) is 0 Å². The van der Waals surface area contributed by atoms with Gasteiger partial charge in [0.2, 0.25) is 17.8 Å². The number of nitrogens with zero attached hydrogens (tertiary/aromatic N) is 3. The molecule has 3 fully saturated rings. The molecule has 0 atom stereocenters. The van der Waals surface area contributed by atoms with Crippen LogP contribution in [0.2, 0.25) is 0 Å². The smallest absolute Gasteiger partial charge is 0.212 e. The number of unbranched alkanes of at least 4 members (excludes halogenated alkanes) is 3. The SMILES string of the molecule is CCCCC[C@H]1CC[C@H](CCc2ccc(F)nc2)CC1.CCCC[C@H]1CC[C@H](CCc2ccc(F)nc2)CC1.CCC[C@H]1CC[C@H](CCc2ccc(F)nc2)CC1. The molecule has 3 saturated carbocycles. The summed E-state index contributed by atoms with van der Waals surface area (Å²) in [7, 11) is 0. The van der Waals surface area contributed by atoms with Crippen LogP contribution in [0.3, 0.4) is 0 Å². The van der Waals surface area contributed by atoms with Gasteiger partial charge in [0.05, 0.1) is 0 Å². The molecule has 318 valence electrons. The fourth-order valence-corrected chi connectivity index (χ4v) is 9.79. The highest BCUT2D eigenvalue weighted by Gasteiger charge is 2.22. The van der Waals surface area contributed by atoms with Crippen molar-refractivity contribution >= 4 is 0 Å². The van der Waals surface area contributed by atoms with E-state index in [0.29, 0.717) is 0 Å². The van der Waals surface area contributed by atoms with Crippen LogP contribution in [0.5, 0.6) is 0 Å². The molecular formula is C51H78F3N3. The molecule has 0 bridgehead atoms. The van der Waals surface area contributed by atoms with Crippen LogP contribution < -0.4 is 0 Å². The Morgan fingerprint density at radius 3 is 0.947 bits per heavy atom. The van der Waals surface area contributed by atoms with E-state index in [0.717, 1.165) is 54.8 Å². The number of aryl methyl sites for hydroxylation is 3. The number of halogens is 3. The molecule has 0 aliphatic heterocycles. The van der Waals surface area contributed by atoms with Gasteiger partial charge in [-0.1, -0.05) is 174 Å². The van der Waals surface area contributed by atoms with Crippen molar-refractivity contribution in [3.63, 3.8) is 0 Å². The average molecular weight is 790 g/mol. The summed E-state index contributed by atoms with van der Waals surface area (Å²) in [6.07, 6.45) is 41.3. The van der Waals surface area contributed by atoms with Crippen LogP contribution in [0, 0.1) is 53.4 Å². The van der Waals surface area contributed by atoms with Crippen molar-refractivity contribution in [2.45, 2.75) is 194 Å². The Morgan fingerprint density at radius 1 is 0.368 bits per heavy atom. The van der Waals surface area contributed by atoms with Crippen LogP contribution in [-0.4, -0.2) is 15.0 Å². The van der Waals surface area contributed by atoms with Crippen molar-refractivity contribution in [1.82, 2.24) is 15.0 Å². The highest BCUT2D eigenvalue weighted by Crippen LogP contribution is 2.36. The maximum atomic E-state index is 12.7. The minimum absolute atomic E-state index is 0.374. The van der Waals surface area contributed by atoms with Crippen molar-refractivity contribution in [3.05, 3.63) is 89.5 Å². The van der Waals surface area contributed by atoms with Crippen molar-refractivity contribution in [1.29, 1.82) is 0 Å². The fourth-order valence-electron chi connectivity index (χ4n) is 9.79. The highest BCUT2D eigenvalue weighted by atomic mass is 19.1. The molecule has 0 spiro atoms. The van der Waals surface area contributed by atoms with Gasteiger partial charge in [-0.3, -0.25) is 0 Å². The summed E-state index contributed by atoms with van der Waals surface area (Å²) in [5.41, 5.74) is 3.53. The van der Waals surface area contributed by atoms with Gasteiger partial charge in [-0.25, -0.2) is 15.0 Å². The molecule has 57 heavy (non-hydrogen) atoms. The summed E-state index contributed by atoms with van der Waals surface area (Å²) in [6.45, 7) is 6.84. The van der Waals surface area contributed by atoms with Gasteiger partial charge in [-0.2, -0.15) is 13.2 Å². The normalized spacial score (nSPS) is 23.5. The Hall–Kier alpha value is -2.76. The third-order valence-electron chi connectivity index (χ3n) is 13.7. The number of hydrogen-bond donors (Lipinski definition) is 0. The van der Waals surface area contributed by atoms with Crippen LogP contribution >= 0.6 is 0 Å². The summed E-state index contributed by atoms with van der Waals surface area (Å²) in [4.78, 5) is 11.2. The molecule has 0 aromatic carbocycles. The fraction of sp³-hybridized carbons (Fsp3) is 0.706. The topological polar surface area (TPSA) is 38.7 Å². The zero-order chi connectivity index (χ0) is 40.5. The molecule has 6 heteroatoms. The molecule has 0 unspecified atom stereocenters. The first-order chi connectivity index (χ1) is 27.8. The summed E-state index contributed by atoms with van der Waals surface area (Å²) in [5.74, 6) is 4.47. The third kappa shape index (κ3) is 19.7. The second-order valence-corrected chi connectivity index (χ2v) is 18.2. The number of rotatable bonds is 18. The number of hydrogen-bond acceptors (Lipinski definition) is 3. The molecule has 3 aliphatic rings. The van der Waals surface area contributed by atoms with Crippen LogP contribution in [0.1, 0.15) is 192 Å². The number of pyridine rings is 3. The quantitative estimate of drug-likeness (QED) is 0.0952. The maximum absolute atomic E-state index is 12.7. The minimum atomic E-state index is -0.376. The van der Waals surface area contributed by atoms with Crippen molar-refractivity contribution in [3.8, 4) is 0 Å². The highest BCUT2D eigenvalue weighted by molar-refractivity contribution is 5.11. The minimum Gasteiger partial charge on any atom is -0.228 e. The second kappa shape index (κ2) is 27.8. The third-order valence-corrected chi connectivity index (χ3v) is 13.7. The average Bonchev–Trinajstić information content (AvgIpc) is 3.24. The van der Waals surface area contributed by atoms with Gasteiger partial charge in [-0.15, -0.1) is 0 Å². The van der Waals surface area contributed by atoms with Gasteiger partial charge < -0.3 is 0 Å². The molecule has 0 N–H and O–H groups in total. The van der Waals surface area contributed by atoms with E-state index in [1.165, 1.54) is 189 Å². The van der Waals surface area contributed by atoms with E-state index in [1.807, 2.05) is 18.2 Å². The number of aromatic nitrogens is 3. The van der Waals surface area contributed by atoms with E-state index in [9.17, 15) is 13.2 Å². The van der Waals surface area contributed by atoms with E-state index in [1.54, 1.807) is 18.6 Å². The lowest BCUT2D eigenvalue weighted by Crippen LogP contribution is -2.15. The lowest BCUT2D eigenvalue weighted by Gasteiger charge is -2.28. The Bertz CT molecular complexity index is 1410. The maximum Gasteiger partial charge on any atom is 0.212 e. The van der Waals surface area contributed by atoms with Crippen LogP contribution in [0.25, 0.3) is 0 Å². The predicted octanol–water partition coefficient (Wildman–Crippen LogP) is 15.4. The first kappa shape index (κ1) is 46.9. The summed E-state index contributed by atoms with van der Waals surface area (Å²) < 4.78 is 38.1. The van der Waals surface area contributed by atoms with Crippen LogP contribution in [0.15, 0.2) is 55.0 Å². The molecule has 0 radical (unpaired) electrons. The second-order valence-electron chi connectivity index (χ2n) is 18.2. The van der Waals surface area contributed by atoms with E-state index in [4.69, 9.17) is 0 Å². The zero-order valence-electron chi connectivity index (χ0n) is 36.2. The molecular weight excluding hydrogens is 712 g/mol. The zero-order valence-corrected chi connectivity index (χ0v) is 36.2. The van der Waals surface area contributed by atoms with Gasteiger partial charge in [-0.05, 0) is 109 Å². The van der Waals surface area contributed by atoms with Crippen molar-refractivity contribution < 1.29 is 13.2 Å². The molecule has 3 aromatic heterocycles. The molecule has 6 rings (SSSR count). The van der Waals surface area contributed by atoms with E-state index < -0.39 is 0 Å². The molecule has 3 aromatic rings. The predicted molar refractivity (Wildman–Crippen MR) is 232 cm³/mol. The Balaban J connectivity index is 0.000000190. The van der Waals surface area contributed by atoms with E-state index in [2.05, 4.69) is 35.7 Å². The van der Waals surface area contributed by atoms with Gasteiger partial charge in [0.1, 0.15) is 0 Å². The Kier molecular flexibility index (Phi) is 22.9. The van der Waals surface area contributed by atoms with Gasteiger partial charge in [0.15, 0.2) is 0 Å². The van der Waals surface area contributed by atoms with Gasteiger partial charge >= 0.3 is 0 Å². The standard InChI is InChI=1S/C18H28FN.C17H26FN.C16H24FN/c1-2-3-4-5-15-6-8-16(9-7-15)10-11-17-12-13-18(19)20-14-17;1-2-3-4-14-5-7-15(8-6-14)9-10-16-11-12-17(18)19-13-16;1-2-3-13-4-6-14(7-5-13)8-9-15-10-11-16(17)18-12-15/h12-16H,2-11H2,1H3;11-15H,2-10H2,1H3;10-14H,2-9H2,1H3/t15-,16-;14-,15-;13-,14-. The van der Waals surface area contributed by atoms with E-state index in [-0.39, 0.29) is 17.8 Å². The van der Waals surface area contributed by atoms with Gasteiger partial charge in [0, 0.05) is 18.6 Å². The van der Waals surface area contributed by atoms with E-state index >= 15 is 0 Å². The molecule has 3 aliphatic carbocycles. The lowest BCUT2D eigenvalue weighted by molar-refractivity contribution is 0.249. The van der Waals surface area contributed by atoms with Crippen LogP contribution in [-0.2, 0) is 19.3 Å².